The number of halogens is 2. The van der Waals surface area contributed by atoms with E-state index in [1.165, 1.54) is 38.5 Å². The Morgan fingerprint density at radius 3 is 2.11 bits per heavy atom. The lowest BCUT2D eigenvalue weighted by molar-refractivity contribution is 0.102. The number of hydrogen-bond donors (Lipinski definition) is 1. The Labute approximate surface area is 155 Å². The molecule has 27 heavy (non-hydrogen) atoms. The zero-order valence-corrected chi connectivity index (χ0v) is 14.8. The normalized spacial score (nSPS) is 10.4. The summed E-state index contributed by atoms with van der Waals surface area (Å²) in [5.41, 5.74) is 1.33. The van der Waals surface area contributed by atoms with E-state index in [2.05, 4.69) is 5.32 Å². The first kappa shape index (κ1) is 18.4. The van der Waals surface area contributed by atoms with Crippen molar-refractivity contribution < 1.29 is 23.0 Å². The van der Waals surface area contributed by atoms with Crippen molar-refractivity contribution in [3.05, 3.63) is 77.9 Å². The van der Waals surface area contributed by atoms with Crippen molar-refractivity contribution >= 4 is 11.6 Å². The van der Waals surface area contributed by atoms with Crippen molar-refractivity contribution in [3.63, 3.8) is 0 Å². The van der Waals surface area contributed by atoms with E-state index in [1.807, 2.05) is 0 Å². The molecule has 6 heteroatoms. The Balaban J connectivity index is 2.12. The molecule has 0 aliphatic heterocycles. The van der Waals surface area contributed by atoms with Gasteiger partial charge in [-0.15, -0.1) is 0 Å². The molecule has 0 atom stereocenters. The summed E-state index contributed by atoms with van der Waals surface area (Å²) < 4.78 is 38.6. The molecule has 0 saturated carbocycles. The maximum absolute atomic E-state index is 14.6. The van der Waals surface area contributed by atoms with Crippen LogP contribution < -0.4 is 14.8 Å². The number of methoxy groups -OCH3 is 2. The highest BCUT2D eigenvalue weighted by Crippen LogP contribution is 2.45. The molecule has 3 aromatic carbocycles. The quantitative estimate of drug-likeness (QED) is 0.696. The van der Waals surface area contributed by atoms with Gasteiger partial charge < -0.3 is 14.8 Å². The Bertz CT molecular complexity index is 957. The highest BCUT2D eigenvalue weighted by molar-refractivity contribution is 6.06. The summed E-state index contributed by atoms with van der Waals surface area (Å²) in [7, 11) is 2.73. The van der Waals surface area contributed by atoms with Gasteiger partial charge in [-0.05, 0) is 29.8 Å². The van der Waals surface area contributed by atoms with E-state index >= 15 is 0 Å². The van der Waals surface area contributed by atoms with E-state index in [4.69, 9.17) is 9.47 Å². The topological polar surface area (TPSA) is 47.6 Å². The van der Waals surface area contributed by atoms with Crippen LogP contribution in [-0.2, 0) is 0 Å². The third-order valence-corrected chi connectivity index (χ3v) is 4.01. The number of nitrogens with one attached hydrogen (secondary N) is 1. The predicted molar refractivity (Wildman–Crippen MR) is 99.3 cm³/mol. The maximum Gasteiger partial charge on any atom is 0.255 e. The lowest BCUT2D eigenvalue weighted by Crippen LogP contribution is -2.13. The van der Waals surface area contributed by atoms with Gasteiger partial charge in [-0.25, -0.2) is 8.78 Å². The Hall–Kier alpha value is -3.41. The highest BCUT2D eigenvalue weighted by Gasteiger charge is 2.23. The van der Waals surface area contributed by atoms with Crippen LogP contribution in [0.2, 0.25) is 0 Å². The van der Waals surface area contributed by atoms with Crippen LogP contribution in [0, 0.1) is 11.6 Å². The fourth-order valence-corrected chi connectivity index (χ4v) is 2.78. The van der Waals surface area contributed by atoms with Crippen LogP contribution in [-0.4, -0.2) is 20.1 Å². The first-order valence-corrected chi connectivity index (χ1v) is 8.12. The molecule has 0 bridgehead atoms. The van der Waals surface area contributed by atoms with Crippen molar-refractivity contribution in [2.75, 3.05) is 19.5 Å². The number of benzene rings is 3. The molecule has 138 valence electrons. The molecule has 3 aromatic rings. The number of amides is 1. The smallest absolute Gasteiger partial charge is 0.255 e. The molecule has 1 amide bonds. The molecular weight excluding hydrogens is 352 g/mol. The number of rotatable bonds is 5. The monoisotopic (exact) mass is 369 g/mol. The van der Waals surface area contributed by atoms with Crippen LogP contribution in [0.5, 0.6) is 11.5 Å². The molecule has 0 heterocycles. The van der Waals surface area contributed by atoms with Gasteiger partial charge in [-0.3, -0.25) is 4.79 Å². The van der Waals surface area contributed by atoms with Crippen molar-refractivity contribution in [2.45, 2.75) is 0 Å². The Morgan fingerprint density at radius 2 is 1.52 bits per heavy atom. The number of anilines is 1. The average molecular weight is 369 g/mol. The summed E-state index contributed by atoms with van der Waals surface area (Å²) in [4.78, 5) is 12.5. The van der Waals surface area contributed by atoms with Crippen LogP contribution in [0.15, 0.2) is 60.7 Å². The molecule has 0 saturated heterocycles. The number of ether oxygens (including phenoxy) is 2. The number of carbonyl (C=O) groups is 1. The fraction of sp³-hybridized carbons (Fsp3) is 0.0952. The molecule has 3 rings (SSSR count). The SMILES string of the molecule is COc1c(F)cc(NC(=O)c2ccccc2)c(OC)c1-c1ccc(F)cc1. The van der Waals surface area contributed by atoms with Gasteiger partial charge in [0, 0.05) is 11.6 Å². The van der Waals surface area contributed by atoms with Gasteiger partial charge in [-0.1, -0.05) is 30.3 Å². The van der Waals surface area contributed by atoms with E-state index in [1.54, 1.807) is 30.3 Å². The summed E-state index contributed by atoms with van der Waals surface area (Å²) in [6.45, 7) is 0. The van der Waals surface area contributed by atoms with Crippen LogP contribution in [0.4, 0.5) is 14.5 Å². The van der Waals surface area contributed by atoms with Crippen LogP contribution >= 0.6 is 0 Å². The van der Waals surface area contributed by atoms with E-state index in [-0.39, 0.29) is 22.7 Å². The molecule has 0 aromatic heterocycles. The van der Waals surface area contributed by atoms with Gasteiger partial charge in [0.15, 0.2) is 17.3 Å². The summed E-state index contributed by atoms with van der Waals surface area (Å²) in [5, 5.41) is 2.66. The summed E-state index contributed by atoms with van der Waals surface area (Å²) >= 11 is 0. The average Bonchev–Trinajstić information content (AvgIpc) is 2.69. The lowest BCUT2D eigenvalue weighted by atomic mass is 10.0. The van der Waals surface area contributed by atoms with Crippen molar-refractivity contribution in [3.8, 4) is 22.6 Å². The Kier molecular flexibility index (Phi) is 5.35. The van der Waals surface area contributed by atoms with Gasteiger partial charge in [0.2, 0.25) is 0 Å². The minimum absolute atomic E-state index is 0.0591. The van der Waals surface area contributed by atoms with Gasteiger partial charge in [0.1, 0.15) is 5.82 Å². The second-order valence-corrected chi connectivity index (χ2v) is 5.67. The molecule has 0 aliphatic carbocycles. The third kappa shape index (κ3) is 3.74. The van der Waals surface area contributed by atoms with Gasteiger partial charge >= 0.3 is 0 Å². The standard InChI is InChI=1S/C21H17F2NO3/c1-26-19-16(23)12-17(24-21(25)14-6-4-3-5-7-14)20(27-2)18(19)13-8-10-15(22)11-9-13/h3-12H,1-2H3,(H,24,25). The minimum atomic E-state index is -0.680. The second-order valence-electron chi connectivity index (χ2n) is 5.67. The van der Waals surface area contributed by atoms with E-state index in [0.717, 1.165) is 6.07 Å². The molecule has 0 aliphatic rings. The minimum Gasteiger partial charge on any atom is -0.494 e. The molecule has 0 fully saturated rings. The largest absolute Gasteiger partial charge is 0.494 e. The molecule has 4 nitrogen and oxygen atoms in total. The summed E-state index contributed by atoms with van der Waals surface area (Å²) in [6, 6.07) is 15.1. The molecule has 0 radical (unpaired) electrons. The lowest BCUT2D eigenvalue weighted by Gasteiger charge is -2.18. The van der Waals surface area contributed by atoms with E-state index < -0.39 is 17.5 Å². The van der Waals surface area contributed by atoms with Gasteiger partial charge in [0.25, 0.3) is 5.91 Å². The highest BCUT2D eigenvalue weighted by atomic mass is 19.1. The first-order valence-electron chi connectivity index (χ1n) is 8.12. The van der Waals surface area contributed by atoms with E-state index in [0.29, 0.717) is 11.1 Å². The van der Waals surface area contributed by atoms with Crippen molar-refractivity contribution in [1.29, 1.82) is 0 Å². The van der Waals surface area contributed by atoms with Crippen LogP contribution in [0.1, 0.15) is 10.4 Å². The van der Waals surface area contributed by atoms with Crippen molar-refractivity contribution in [1.82, 2.24) is 0 Å². The van der Waals surface area contributed by atoms with Gasteiger partial charge in [0.05, 0.1) is 25.5 Å². The third-order valence-electron chi connectivity index (χ3n) is 4.01. The van der Waals surface area contributed by atoms with Crippen molar-refractivity contribution in [2.24, 2.45) is 0 Å². The molecule has 0 unspecified atom stereocenters. The summed E-state index contributed by atoms with van der Waals surface area (Å²) in [5.74, 6) is -1.37. The fourth-order valence-electron chi connectivity index (χ4n) is 2.78. The number of hydrogen-bond acceptors (Lipinski definition) is 3. The number of carbonyl (C=O) groups excluding carboxylic acids is 1. The predicted octanol–water partition coefficient (Wildman–Crippen LogP) is 4.90. The first-order chi connectivity index (χ1) is 13.0. The van der Waals surface area contributed by atoms with Gasteiger partial charge in [-0.2, -0.15) is 0 Å². The van der Waals surface area contributed by atoms with Crippen LogP contribution in [0.25, 0.3) is 11.1 Å². The molecule has 1 N–H and O–H groups in total. The zero-order valence-electron chi connectivity index (χ0n) is 14.8. The molecular formula is C21H17F2NO3. The second kappa shape index (κ2) is 7.86. The van der Waals surface area contributed by atoms with Crippen LogP contribution in [0.3, 0.4) is 0 Å². The summed E-state index contributed by atoms with van der Waals surface area (Å²) in [6.07, 6.45) is 0. The Morgan fingerprint density at radius 1 is 0.889 bits per heavy atom. The van der Waals surface area contributed by atoms with E-state index in [9.17, 15) is 13.6 Å². The maximum atomic E-state index is 14.6. The zero-order chi connectivity index (χ0) is 19.4. The molecule has 0 spiro atoms.